The fraction of sp³-hybridized carbons (Fsp3) is 0.400. The molecule has 3 heteroatoms. The summed E-state index contributed by atoms with van der Waals surface area (Å²) in [7, 11) is 0. The maximum Gasteiger partial charge on any atom is 0.140 e. The second-order valence-electron chi connectivity index (χ2n) is 2.98. The van der Waals surface area contributed by atoms with Gasteiger partial charge in [0.1, 0.15) is 11.6 Å². The summed E-state index contributed by atoms with van der Waals surface area (Å²) >= 11 is 2.83. The molecule has 0 aromatic heterocycles. The molecular weight excluding hydrogens is 238 g/mol. The summed E-state index contributed by atoms with van der Waals surface area (Å²) in [6.45, 7) is 2.05. The van der Waals surface area contributed by atoms with Crippen LogP contribution in [0.25, 0.3) is 0 Å². The number of benzene rings is 1. The summed E-state index contributed by atoms with van der Waals surface area (Å²) in [6.07, 6.45) is 2.72. The molecule has 0 saturated heterocycles. The molecule has 0 radical (unpaired) electrons. The van der Waals surface area contributed by atoms with Gasteiger partial charge < -0.3 is 0 Å². The molecule has 0 spiro atoms. The number of aryl methyl sites for hydroxylation is 1. The van der Waals surface area contributed by atoms with Crippen molar-refractivity contribution in [1.82, 2.24) is 0 Å². The number of halogens is 3. The fourth-order valence-corrected chi connectivity index (χ4v) is 1.36. The Balaban J connectivity index is 2.86. The molecule has 0 nitrogen and oxygen atoms in total. The molecule has 0 aliphatic rings. The SMILES string of the molecule is CCCCc1cc(F)c(Br)c(F)c1. The quantitative estimate of drug-likeness (QED) is 0.708. The first kappa shape index (κ1) is 10.6. The van der Waals surface area contributed by atoms with Gasteiger partial charge in [-0.15, -0.1) is 0 Å². The highest BCUT2D eigenvalue weighted by Crippen LogP contribution is 2.21. The monoisotopic (exact) mass is 248 g/mol. The predicted molar refractivity (Wildman–Crippen MR) is 52.7 cm³/mol. The lowest BCUT2D eigenvalue weighted by Crippen LogP contribution is -1.91. The number of hydrogen-bond donors (Lipinski definition) is 0. The van der Waals surface area contributed by atoms with Crippen molar-refractivity contribution in [2.45, 2.75) is 26.2 Å². The van der Waals surface area contributed by atoms with Crippen LogP contribution in [0.4, 0.5) is 8.78 Å². The van der Waals surface area contributed by atoms with Crippen molar-refractivity contribution in [3.05, 3.63) is 33.8 Å². The molecule has 0 heterocycles. The Bertz CT molecular complexity index is 274. The molecule has 1 rings (SSSR count). The Kier molecular flexibility index (Phi) is 3.85. The minimum Gasteiger partial charge on any atom is -0.206 e. The molecule has 0 bridgehead atoms. The van der Waals surface area contributed by atoms with Gasteiger partial charge in [-0.05, 0) is 46.5 Å². The summed E-state index contributed by atoms with van der Waals surface area (Å²) in [5, 5.41) is 0. The lowest BCUT2D eigenvalue weighted by Gasteiger charge is -2.02. The van der Waals surface area contributed by atoms with Crippen LogP contribution in [0.1, 0.15) is 25.3 Å². The summed E-state index contributed by atoms with van der Waals surface area (Å²) in [6, 6.07) is 2.76. The molecular formula is C10H11BrF2. The van der Waals surface area contributed by atoms with Crippen LogP contribution in [-0.2, 0) is 6.42 Å². The highest BCUT2D eigenvalue weighted by Gasteiger charge is 2.07. The molecule has 0 N–H and O–H groups in total. The van der Waals surface area contributed by atoms with Gasteiger partial charge in [-0.3, -0.25) is 0 Å². The first-order chi connectivity index (χ1) is 6.15. The van der Waals surface area contributed by atoms with E-state index in [4.69, 9.17) is 0 Å². The zero-order chi connectivity index (χ0) is 9.84. The molecule has 13 heavy (non-hydrogen) atoms. The molecule has 1 aromatic carbocycles. The van der Waals surface area contributed by atoms with Crippen LogP contribution in [-0.4, -0.2) is 0 Å². The summed E-state index contributed by atoms with van der Waals surface area (Å²) < 4.78 is 25.9. The second kappa shape index (κ2) is 4.70. The first-order valence-electron chi connectivity index (χ1n) is 4.28. The van der Waals surface area contributed by atoms with Crippen molar-refractivity contribution in [1.29, 1.82) is 0 Å². The summed E-state index contributed by atoms with van der Waals surface area (Å²) in [5.74, 6) is -1.04. The Labute approximate surface area is 85.1 Å². The smallest absolute Gasteiger partial charge is 0.140 e. The average Bonchev–Trinajstić information content (AvgIpc) is 2.10. The first-order valence-corrected chi connectivity index (χ1v) is 5.08. The van der Waals surface area contributed by atoms with E-state index in [2.05, 4.69) is 15.9 Å². The molecule has 1 aromatic rings. The van der Waals surface area contributed by atoms with E-state index in [0.29, 0.717) is 0 Å². The van der Waals surface area contributed by atoms with E-state index in [9.17, 15) is 8.78 Å². The Morgan fingerprint density at radius 2 is 1.77 bits per heavy atom. The molecule has 0 aliphatic carbocycles. The highest BCUT2D eigenvalue weighted by molar-refractivity contribution is 9.10. The van der Waals surface area contributed by atoms with E-state index in [1.165, 1.54) is 12.1 Å². The van der Waals surface area contributed by atoms with Crippen LogP contribution in [0.3, 0.4) is 0 Å². The van der Waals surface area contributed by atoms with E-state index < -0.39 is 11.6 Å². The predicted octanol–water partition coefficient (Wildman–Crippen LogP) is 4.07. The topological polar surface area (TPSA) is 0 Å². The lowest BCUT2D eigenvalue weighted by atomic mass is 10.1. The minimum atomic E-state index is -0.522. The van der Waals surface area contributed by atoms with Crippen LogP contribution in [0.15, 0.2) is 16.6 Å². The number of unbranched alkanes of at least 4 members (excludes halogenated alkanes) is 1. The maximum absolute atomic E-state index is 13.0. The van der Waals surface area contributed by atoms with Crippen LogP contribution in [0.5, 0.6) is 0 Å². The molecule has 0 aliphatic heterocycles. The molecule has 0 saturated carbocycles. The molecule has 0 fully saturated rings. The van der Waals surface area contributed by atoms with Gasteiger partial charge in [0.25, 0.3) is 0 Å². The van der Waals surface area contributed by atoms with Crippen LogP contribution < -0.4 is 0 Å². The van der Waals surface area contributed by atoms with Crippen molar-refractivity contribution >= 4 is 15.9 Å². The van der Waals surface area contributed by atoms with E-state index in [1.54, 1.807) is 0 Å². The molecule has 72 valence electrons. The van der Waals surface area contributed by atoms with Gasteiger partial charge >= 0.3 is 0 Å². The maximum atomic E-state index is 13.0. The van der Waals surface area contributed by atoms with Crippen molar-refractivity contribution in [2.24, 2.45) is 0 Å². The van der Waals surface area contributed by atoms with E-state index in [-0.39, 0.29) is 4.47 Å². The fourth-order valence-electron chi connectivity index (χ4n) is 1.13. The zero-order valence-electron chi connectivity index (χ0n) is 7.41. The third-order valence-electron chi connectivity index (χ3n) is 1.86. The van der Waals surface area contributed by atoms with Crippen molar-refractivity contribution < 1.29 is 8.78 Å². The standard InChI is InChI=1S/C10H11BrF2/c1-2-3-4-7-5-8(12)10(11)9(13)6-7/h5-6H,2-4H2,1H3. The summed E-state index contributed by atoms with van der Waals surface area (Å²) in [5.41, 5.74) is 0.722. The van der Waals surface area contributed by atoms with Gasteiger partial charge in [-0.25, -0.2) is 8.78 Å². The Hall–Kier alpha value is -0.440. The molecule has 0 unspecified atom stereocenters. The third kappa shape index (κ3) is 2.76. The van der Waals surface area contributed by atoms with Crippen molar-refractivity contribution in [2.75, 3.05) is 0 Å². The van der Waals surface area contributed by atoms with Gasteiger partial charge in [0.15, 0.2) is 0 Å². The second-order valence-corrected chi connectivity index (χ2v) is 3.77. The van der Waals surface area contributed by atoms with E-state index in [0.717, 1.165) is 24.8 Å². The highest BCUT2D eigenvalue weighted by atomic mass is 79.9. The normalized spacial score (nSPS) is 10.5. The van der Waals surface area contributed by atoms with E-state index >= 15 is 0 Å². The molecule has 0 amide bonds. The van der Waals surface area contributed by atoms with Gasteiger partial charge in [0.2, 0.25) is 0 Å². The third-order valence-corrected chi connectivity index (χ3v) is 2.62. The van der Waals surface area contributed by atoms with Crippen LogP contribution >= 0.6 is 15.9 Å². The van der Waals surface area contributed by atoms with Crippen molar-refractivity contribution in [3.63, 3.8) is 0 Å². The number of hydrogen-bond acceptors (Lipinski definition) is 0. The van der Waals surface area contributed by atoms with Crippen molar-refractivity contribution in [3.8, 4) is 0 Å². The van der Waals surface area contributed by atoms with Crippen LogP contribution in [0.2, 0.25) is 0 Å². The largest absolute Gasteiger partial charge is 0.206 e. The van der Waals surface area contributed by atoms with Gasteiger partial charge in [0.05, 0.1) is 4.47 Å². The van der Waals surface area contributed by atoms with Gasteiger partial charge in [0, 0.05) is 0 Å². The van der Waals surface area contributed by atoms with Gasteiger partial charge in [-0.1, -0.05) is 13.3 Å². The lowest BCUT2D eigenvalue weighted by molar-refractivity contribution is 0.567. The zero-order valence-corrected chi connectivity index (χ0v) is 9.00. The Morgan fingerprint density at radius 3 is 2.23 bits per heavy atom. The van der Waals surface area contributed by atoms with Crippen LogP contribution in [0, 0.1) is 11.6 Å². The van der Waals surface area contributed by atoms with Gasteiger partial charge in [-0.2, -0.15) is 0 Å². The van der Waals surface area contributed by atoms with E-state index in [1.807, 2.05) is 6.92 Å². The average molecular weight is 249 g/mol. The minimum absolute atomic E-state index is 0.0762. The Morgan fingerprint density at radius 1 is 1.23 bits per heavy atom. The summed E-state index contributed by atoms with van der Waals surface area (Å²) in [4.78, 5) is 0. The molecule has 0 atom stereocenters. The number of rotatable bonds is 3.